The van der Waals surface area contributed by atoms with Crippen molar-refractivity contribution in [3.8, 4) is 0 Å². The van der Waals surface area contributed by atoms with Crippen molar-refractivity contribution in [3.05, 3.63) is 30.3 Å². The fourth-order valence-corrected chi connectivity index (χ4v) is 0.673. The van der Waals surface area contributed by atoms with Crippen molar-refractivity contribution in [1.29, 1.82) is 0 Å². The zero-order valence-electron chi connectivity index (χ0n) is 5.72. The Hall–Kier alpha value is -0.310. The summed E-state index contributed by atoms with van der Waals surface area (Å²) in [7, 11) is 0. The second-order valence-corrected chi connectivity index (χ2v) is 1.97. The second kappa shape index (κ2) is 5.35. The average molecular weight is 158 g/mol. The van der Waals surface area contributed by atoms with Gasteiger partial charge in [-0.05, 0) is 18.2 Å². The number of carbonyl (C=O) groups is 1. The summed E-state index contributed by atoms with van der Waals surface area (Å²) in [5.74, 6) is -0.0498. The van der Waals surface area contributed by atoms with Crippen LogP contribution >= 0.6 is 0 Å². The summed E-state index contributed by atoms with van der Waals surface area (Å²) < 4.78 is 0. The van der Waals surface area contributed by atoms with Crippen LogP contribution in [0, 0.1) is 6.07 Å². The van der Waals surface area contributed by atoms with Gasteiger partial charge in [0.25, 0.3) is 0 Å². The van der Waals surface area contributed by atoms with E-state index in [-0.39, 0.29) is 35.5 Å². The molecule has 1 rings (SSSR count). The maximum absolute atomic E-state index is 10.5. The average Bonchev–Trinajstić information content (AvgIpc) is 1.88. The van der Waals surface area contributed by atoms with E-state index in [0.717, 1.165) is 5.69 Å². The number of anilines is 1. The molecule has 0 aliphatic heterocycles. The topological polar surface area (TPSA) is 29.1 Å². The van der Waals surface area contributed by atoms with Gasteiger partial charge in [-0.2, -0.15) is 0 Å². The van der Waals surface area contributed by atoms with Gasteiger partial charge < -0.3 is 5.32 Å². The van der Waals surface area contributed by atoms with E-state index in [1.165, 1.54) is 6.92 Å². The molecule has 0 unspecified atom stereocenters. The Labute approximate surface area is 88.3 Å². The fourth-order valence-electron chi connectivity index (χ4n) is 0.673. The van der Waals surface area contributed by atoms with E-state index in [0.29, 0.717) is 0 Å². The van der Waals surface area contributed by atoms with E-state index < -0.39 is 0 Å². The zero-order chi connectivity index (χ0) is 7.40. The van der Waals surface area contributed by atoms with Crippen molar-refractivity contribution in [3.63, 3.8) is 0 Å². The standard InChI is InChI=1S/C8H8NO.Na.H/c1-7(10)9-8-5-3-2-4-6-8;;/h3-6H,1H3,(H,9,10);;. The van der Waals surface area contributed by atoms with Gasteiger partial charge in [-0.1, -0.05) is 12.1 Å². The molecule has 0 saturated heterocycles. The molecule has 0 heterocycles. The molecule has 1 N–H and O–H groups in total. The Kier molecular flexibility index (Phi) is 5.20. The molecule has 2 nitrogen and oxygen atoms in total. The Balaban J connectivity index is 0.000001000. The van der Waals surface area contributed by atoms with Crippen molar-refractivity contribution < 1.29 is 4.79 Å². The molecule has 0 aliphatic carbocycles. The first-order valence-electron chi connectivity index (χ1n) is 3.03. The van der Waals surface area contributed by atoms with Gasteiger partial charge in [0.1, 0.15) is 0 Å². The van der Waals surface area contributed by atoms with Crippen LogP contribution in [0.15, 0.2) is 24.3 Å². The van der Waals surface area contributed by atoms with Gasteiger partial charge in [-0.15, -0.1) is 0 Å². The molecule has 53 valence electrons. The predicted octanol–water partition coefficient (Wildman–Crippen LogP) is 0.797. The molecule has 1 aromatic carbocycles. The molecule has 1 aromatic rings. The molecular formula is C8H9NNaO. The Morgan fingerprint density at radius 3 is 2.45 bits per heavy atom. The molecule has 1 amide bonds. The van der Waals surface area contributed by atoms with Crippen molar-refractivity contribution in [2.75, 3.05) is 5.32 Å². The predicted molar refractivity (Wildman–Crippen MR) is 46.7 cm³/mol. The summed E-state index contributed by atoms with van der Waals surface area (Å²) in [5, 5.41) is 2.65. The molecule has 0 bridgehead atoms. The molecule has 0 aromatic heterocycles. The molecular weight excluding hydrogens is 149 g/mol. The molecule has 0 atom stereocenters. The molecule has 0 fully saturated rings. The van der Waals surface area contributed by atoms with Gasteiger partial charge in [-0.25, -0.2) is 0 Å². The first kappa shape index (κ1) is 10.7. The zero-order valence-corrected chi connectivity index (χ0v) is 5.72. The molecule has 3 heteroatoms. The van der Waals surface area contributed by atoms with E-state index in [9.17, 15) is 4.79 Å². The van der Waals surface area contributed by atoms with Crippen LogP contribution < -0.4 is 5.32 Å². The summed E-state index contributed by atoms with van der Waals surface area (Å²) in [5.41, 5.74) is 0.811. The van der Waals surface area contributed by atoms with Crippen LogP contribution in [0.4, 0.5) is 5.69 Å². The van der Waals surface area contributed by atoms with Gasteiger partial charge in [0.15, 0.2) is 0 Å². The second-order valence-electron chi connectivity index (χ2n) is 1.97. The molecule has 1 radical (unpaired) electrons. The fraction of sp³-hybridized carbons (Fsp3) is 0.125. The van der Waals surface area contributed by atoms with Crippen LogP contribution in [0.25, 0.3) is 0 Å². The summed E-state index contributed by atoms with van der Waals surface area (Å²) in [4.78, 5) is 10.5. The van der Waals surface area contributed by atoms with Gasteiger partial charge in [-0.3, -0.25) is 4.79 Å². The third kappa shape index (κ3) is 4.19. The van der Waals surface area contributed by atoms with E-state index in [1.807, 2.05) is 0 Å². The Bertz CT molecular complexity index is 223. The molecule has 0 saturated carbocycles. The van der Waals surface area contributed by atoms with Crippen molar-refractivity contribution in [2.45, 2.75) is 6.92 Å². The molecule has 11 heavy (non-hydrogen) atoms. The van der Waals surface area contributed by atoms with Crippen LogP contribution in [0.2, 0.25) is 0 Å². The van der Waals surface area contributed by atoms with E-state index in [2.05, 4.69) is 11.4 Å². The van der Waals surface area contributed by atoms with Crippen molar-refractivity contribution >= 4 is 41.2 Å². The number of rotatable bonds is 1. The summed E-state index contributed by atoms with van der Waals surface area (Å²) in [6, 6.07) is 9.95. The third-order valence-electron chi connectivity index (χ3n) is 1.04. The van der Waals surface area contributed by atoms with Crippen LogP contribution in [-0.2, 0) is 4.79 Å². The van der Waals surface area contributed by atoms with Crippen LogP contribution in [0.5, 0.6) is 0 Å². The summed E-state index contributed by atoms with van der Waals surface area (Å²) in [6.45, 7) is 1.48. The Morgan fingerprint density at radius 1 is 1.45 bits per heavy atom. The van der Waals surface area contributed by atoms with Gasteiger partial charge >= 0.3 is 29.6 Å². The normalized spacial score (nSPS) is 8.09. The van der Waals surface area contributed by atoms with Crippen LogP contribution in [0.3, 0.4) is 0 Å². The number of carbonyl (C=O) groups excluding carboxylic acids is 1. The molecule has 0 aliphatic rings. The SMILES string of the molecule is CC(=O)Nc1cc[c]cc1.[NaH]. The van der Waals surface area contributed by atoms with E-state index in [4.69, 9.17) is 0 Å². The van der Waals surface area contributed by atoms with E-state index in [1.54, 1.807) is 24.3 Å². The maximum atomic E-state index is 10.5. The van der Waals surface area contributed by atoms with Crippen LogP contribution in [0.1, 0.15) is 6.92 Å². The van der Waals surface area contributed by atoms with Crippen molar-refractivity contribution in [2.24, 2.45) is 0 Å². The number of amides is 1. The van der Waals surface area contributed by atoms with Crippen molar-refractivity contribution in [1.82, 2.24) is 0 Å². The number of hydrogen-bond acceptors (Lipinski definition) is 1. The monoisotopic (exact) mass is 158 g/mol. The molecule has 0 spiro atoms. The van der Waals surface area contributed by atoms with Gasteiger partial charge in [0.2, 0.25) is 5.91 Å². The van der Waals surface area contributed by atoms with Gasteiger partial charge in [0.05, 0.1) is 0 Å². The minimum atomic E-state index is -0.0498. The quantitative estimate of drug-likeness (QED) is 0.602. The van der Waals surface area contributed by atoms with Gasteiger partial charge in [0, 0.05) is 12.6 Å². The van der Waals surface area contributed by atoms with Crippen LogP contribution in [-0.4, -0.2) is 35.5 Å². The first-order chi connectivity index (χ1) is 4.79. The summed E-state index contributed by atoms with van der Waals surface area (Å²) in [6.07, 6.45) is 0. The summed E-state index contributed by atoms with van der Waals surface area (Å²) >= 11 is 0. The first-order valence-corrected chi connectivity index (χ1v) is 3.03. The van der Waals surface area contributed by atoms with E-state index >= 15 is 0 Å². The number of benzene rings is 1. The minimum absolute atomic E-state index is 0. The third-order valence-corrected chi connectivity index (χ3v) is 1.04. The number of hydrogen-bond donors (Lipinski definition) is 1. The number of nitrogens with one attached hydrogen (secondary N) is 1. The Morgan fingerprint density at radius 2 is 2.00 bits per heavy atom.